The average molecular weight is 678 g/mol. The molecule has 0 unspecified atom stereocenters. The number of benzene rings is 8. The van der Waals surface area contributed by atoms with Gasteiger partial charge in [-0.05, 0) is 80.6 Å². The van der Waals surface area contributed by atoms with Gasteiger partial charge in [0, 0.05) is 22.5 Å². The van der Waals surface area contributed by atoms with E-state index in [-0.39, 0.29) is 12.1 Å². The molecule has 1 nitrogen and oxygen atoms in total. The van der Waals surface area contributed by atoms with Crippen LogP contribution in [0.1, 0.15) is 36.1 Å². The van der Waals surface area contributed by atoms with Gasteiger partial charge in [-0.2, -0.15) is 0 Å². The average Bonchev–Trinajstić information content (AvgIpc) is 3.44. The van der Waals surface area contributed by atoms with Crippen molar-refractivity contribution in [1.29, 1.82) is 0 Å². The van der Waals surface area contributed by atoms with Crippen molar-refractivity contribution in [2.24, 2.45) is 0 Å². The standard InChI is InChI=1S/C51H40BN/c1-51(2)49-34-38(26-32-47(49)48-33-28-43(36-50(48)51)52(41-16-6-3-7-17-41)42-18-8-4-9-19-42)23-22-37-24-29-45(30-25-37)53(44-20-10-5-11-21-44)46-31-27-39-14-12-13-15-40(39)35-46/h3-36H,1-2H3/b23-22+. The van der Waals surface area contributed by atoms with E-state index in [4.69, 9.17) is 0 Å². The van der Waals surface area contributed by atoms with Crippen molar-refractivity contribution in [3.05, 3.63) is 216 Å². The zero-order valence-electron chi connectivity index (χ0n) is 30.2. The third-order valence-corrected chi connectivity index (χ3v) is 10.9. The smallest absolute Gasteiger partial charge is 0.241 e. The quantitative estimate of drug-likeness (QED) is 0.114. The monoisotopic (exact) mass is 677 g/mol. The van der Waals surface area contributed by atoms with E-state index in [2.05, 4.69) is 225 Å². The molecule has 0 N–H and O–H groups in total. The Morgan fingerprint density at radius 1 is 0.396 bits per heavy atom. The molecule has 0 fully saturated rings. The van der Waals surface area contributed by atoms with E-state index in [1.54, 1.807) is 0 Å². The summed E-state index contributed by atoms with van der Waals surface area (Å²) in [6.07, 6.45) is 4.48. The summed E-state index contributed by atoms with van der Waals surface area (Å²) in [5, 5.41) is 2.48. The first-order valence-corrected chi connectivity index (χ1v) is 18.5. The van der Waals surface area contributed by atoms with Crippen LogP contribution < -0.4 is 21.3 Å². The molecule has 1 aliphatic carbocycles. The van der Waals surface area contributed by atoms with Gasteiger partial charge in [0.2, 0.25) is 6.71 Å². The summed E-state index contributed by atoms with van der Waals surface area (Å²) in [5.41, 5.74) is 15.1. The molecule has 0 radical (unpaired) electrons. The Kier molecular flexibility index (Phi) is 8.37. The third-order valence-electron chi connectivity index (χ3n) is 10.9. The van der Waals surface area contributed by atoms with Gasteiger partial charge in [0.05, 0.1) is 0 Å². The highest BCUT2D eigenvalue weighted by atomic mass is 15.1. The van der Waals surface area contributed by atoms with Crippen LogP contribution in [-0.2, 0) is 5.41 Å². The Balaban J connectivity index is 0.998. The number of rotatable bonds is 8. The van der Waals surface area contributed by atoms with Crippen LogP contribution in [-0.4, -0.2) is 6.71 Å². The fourth-order valence-electron chi connectivity index (χ4n) is 8.19. The molecule has 0 spiro atoms. The predicted molar refractivity (Wildman–Crippen MR) is 229 cm³/mol. The lowest BCUT2D eigenvalue weighted by molar-refractivity contribution is 0.660. The van der Waals surface area contributed by atoms with Crippen LogP contribution in [0.2, 0.25) is 0 Å². The van der Waals surface area contributed by atoms with E-state index in [1.807, 2.05) is 0 Å². The highest BCUT2D eigenvalue weighted by molar-refractivity contribution is 6.95. The van der Waals surface area contributed by atoms with E-state index in [0.717, 1.165) is 17.1 Å². The summed E-state index contributed by atoms with van der Waals surface area (Å²) in [6, 6.07) is 70.6. The molecule has 0 saturated carbocycles. The van der Waals surface area contributed by atoms with Gasteiger partial charge in [0.25, 0.3) is 0 Å². The lowest BCUT2D eigenvalue weighted by Crippen LogP contribution is -2.52. The molecule has 8 aromatic rings. The van der Waals surface area contributed by atoms with Crippen LogP contribution in [0.25, 0.3) is 34.1 Å². The number of nitrogens with zero attached hydrogens (tertiary/aromatic N) is 1. The predicted octanol–water partition coefficient (Wildman–Crippen LogP) is 11.3. The third kappa shape index (κ3) is 6.17. The fraction of sp³-hybridized carbons (Fsp3) is 0.0588. The Morgan fingerprint density at radius 3 is 1.58 bits per heavy atom. The van der Waals surface area contributed by atoms with Gasteiger partial charge in [-0.3, -0.25) is 0 Å². The molecule has 0 bridgehead atoms. The topological polar surface area (TPSA) is 3.24 Å². The first kappa shape index (κ1) is 32.5. The number of para-hydroxylation sites is 1. The number of hydrogen-bond acceptors (Lipinski definition) is 1. The summed E-state index contributed by atoms with van der Waals surface area (Å²) in [7, 11) is 0. The second kappa shape index (κ2) is 13.6. The number of fused-ring (bicyclic) bond motifs is 4. The van der Waals surface area contributed by atoms with Crippen molar-refractivity contribution in [3.63, 3.8) is 0 Å². The molecule has 0 heterocycles. The zero-order valence-corrected chi connectivity index (χ0v) is 30.2. The van der Waals surface area contributed by atoms with Crippen molar-refractivity contribution >= 4 is 63.1 Å². The SMILES string of the molecule is CC1(C)c2cc(/C=C/c3ccc(N(c4ccccc4)c4ccc5ccccc5c4)cc3)ccc2-c2ccc(B(c3ccccc3)c3ccccc3)cc21. The van der Waals surface area contributed by atoms with Crippen molar-refractivity contribution < 1.29 is 0 Å². The lowest BCUT2D eigenvalue weighted by Gasteiger charge is -2.26. The van der Waals surface area contributed by atoms with E-state index >= 15 is 0 Å². The Hall–Kier alpha value is -6.38. The number of anilines is 3. The summed E-state index contributed by atoms with van der Waals surface area (Å²) in [4.78, 5) is 2.33. The Bertz CT molecular complexity index is 2530. The summed E-state index contributed by atoms with van der Waals surface area (Å²) in [5.74, 6) is 0. The van der Waals surface area contributed by atoms with E-state index in [1.165, 1.54) is 60.5 Å². The second-order valence-corrected chi connectivity index (χ2v) is 14.6. The molecule has 0 aromatic heterocycles. The molecule has 9 rings (SSSR count). The van der Waals surface area contributed by atoms with Gasteiger partial charge >= 0.3 is 0 Å². The maximum absolute atomic E-state index is 2.47. The summed E-state index contributed by atoms with van der Waals surface area (Å²) in [6.45, 7) is 4.93. The molecule has 0 aliphatic heterocycles. The largest absolute Gasteiger partial charge is 0.310 e. The molecule has 1 aliphatic rings. The molecule has 2 heteroatoms. The van der Waals surface area contributed by atoms with Gasteiger partial charge < -0.3 is 4.90 Å². The van der Waals surface area contributed by atoms with Crippen LogP contribution in [0.5, 0.6) is 0 Å². The van der Waals surface area contributed by atoms with Crippen LogP contribution >= 0.6 is 0 Å². The fourth-order valence-corrected chi connectivity index (χ4v) is 8.19. The van der Waals surface area contributed by atoms with Crippen molar-refractivity contribution in [3.8, 4) is 11.1 Å². The second-order valence-electron chi connectivity index (χ2n) is 14.6. The molecule has 8 aromatic carbocycles. The van der Waals surface area contributed by atoms with E-state index in [9.17, 15) is 0 Å². The van der Waals surface area contributed by atoms with Gasteiger partial charge in [0.1, 0.15) is 0 Å². The maximum Gasteiger partial charge on any atom is 0.241 e. The normalized spacial score (nSPS) is 12.8. The van der Waals surface area contributed by atoms with Crippen molar-refractivity contribution in [2.75, 3.05) is 4.90 Å². The molecule has 0 amide bonds. The molecular formula is C51H40BN. The first-order chi connectivity index (χ1) is 26.0. The van der Waals surface area contributed by atoms with E-state index in [0.29, 0.717) is 0 Å². The Labute approximate surface area is 313 Å². The van der Waals surface area contributed by atoms with Crippen LogP contribution in [0.3, 0.4) is 0 Å². The van der Waals surface area contributed by atoms with E-state index < -0.39 is 0 Å². The van der Waals surface area contributed by atoms with Gasteiger partial charge in [-0.1, -0.05) is 200 Å². The maximum atomic E-state index is 2.47. The van der Waals surface area contributed by atoms with Gasteiger partial charge in [-0.15, -0.1) is 0 Å². The lowest BCUT2D eigenvalue weighted by atomic mass is 9.36. The Morgan fingerprint density at radius 2 is 0.906 bits per heavy atom. The van der Waals surface area contributed by atoms with Crippen LogP contribution in [0.4, 0.5) is 17.1 Å². The molecule has 252 valence electrons. The first-order valence-electron chi connectivity index (χ1n) is 18.5. The minimum atomic E-state index is -0.117. The highest BCUT2D eigenvalue weighted by Crippen LogP contribution is 2.48. The van der Waals surface area contributed by atoms with Crippen molar-refractivity contribution in [1.82, 2.24) is 0 Å². The zero-order chi connectivity index (χ0) is 35.8. The van der Waals surface area contributed by atoms with Gasteiger partial charge in [0.15, 0.2) is 0 Å². The molecule has 0 saturated heterocycles. The minimum absolute atomic E-state index is 0.117. The number of hydrogen-bond donors (Lipinski definition) is 0. The van der Waals surface area contributed by atoms with Crippen molar-refractivity contribution in [2.45, 2.75) is 19.3 Å². The minimum Gasteiger partial charge on any atom is -0.310 e. The van der Waals surface area contributed by atoms with Gasteiger partial charge in [-0.25, -0.2) is 0 Å². The highest BCUT2D eigenvalue weighted by Gasteiger charge is 2.36. The summed E-state index contributed by atoms with van der Waals surface area (Å²) < 4.78 is 0. The molecular weight excluding hydrogens is 637 g/mol. The summed E-state index contributed by atoms with van der Waals surface area (Å²) >= 11 is 0. The van der Waals surface area contributed by atoms with Crippen LogP contribution in [0, 0.1) is 0 Å². The molecule has 53 heavy (non-hydrogen) atoms. The molecule has 0 atom stereocenters. The van der Waals surface area contributed by atoms with Crippen LogP contribution in [0.15, 0.2) is 194 Å².